The number of carbonyl (C=O) groups excluding carboxylic acids is 1. The molecule has 0 unspecified atom stereocenters. The van der Waals surface area contributed by atoms with Crippen molar-refractivity contribution in [1.29, 1.82) is 0 Å². The number of aromatic nitrogens is 3. The summed E-state index contributed by atoms with van der Waals surface area (Å²) in [4.78, 5) is 16.5. The fraction of sp³-hybridized carbons (Fsp3) is 0.0741. The van der Waals surface area contributed by atoms with E-state index in [-0.39, 0.29) is 17.2 Å². The van der Waals surface area contributed by atoms with E-state index >= 15 is 0 Å². The fourth-order valence-electron chi connectivity index (χ4n) is 3.80. The first-order valence-corrected chi connectivity index (χ1v) is 14.0. The lowest BCUT2D eigenvalue weighted by molar-refractivity contribution is 0.0520. The Bertz CT molecular complexity index is 1700. The number of ether oxygens (including phenoxy) is 1. The molecule has 2 heterocycles. The molecule has 0 aliphatic heterocycles. The van der Waals surface area contributed by atoms with E-state index in [9.17, 15) is 13.2 Å². The van der Waals surface area contributed by atoms with Crippen LogP contribution in [0.4, 0.5) is 11.4 Å². The predicted octanol–water partition coefficient (Wildman–Crippen LogP) is 5.23. The van der Waals surface area contributed by atoms with E-state index in [0.29, 0.717) is 22.2 Å². The van der Waals surface area contributed by atoms with Crippen LogP contribution in [0.15, 0.2) is 95.3 Å². The van der Waals surface area contributed by atoms with Crippen LogP contribution in [0.2, 0.25) is 0 Å². The minimum Gasteiger partial charge on any atom is -0.461 e. The monoisotopic (exact) mass is 545 g/mol. The molecule has 0 bridgehead atoms. The van der Waals surface area contributed by atoms with Crippen LogP contribution in [-0.4, -0.2) is 35.8 Å². The number of hydrogen-bond donors (Lipinski definition) is 2. The molecule has 9 nitrogen and oxygen atoms in total. The van der Waals surface area contributed by atoms with Gasteiger partial charge in [-0.05, 0) is 48.4 Å². The van der Waals surface area contributed by atoms with E-state index in [2.05, 4.69) is 10.3 Å². The van der Waals surface area contributed by atoms with Crippen molar-refractivity contribution in [2.24, 2.45) is 5.14 Å². The summed E-state index contributed by atoms with van der Waals surface area (Å²) in [5.41, 5.74) is 5.11. The molecular weight excluding hydrogens is 522 g/mol. The van der Waals surface area contributed by atoms with E-state index in [4.69, 9.17) is 15.0 Å². The second kappa shape index (κ2) is 10.6. The van der Waals surface area contributed by atoms with E-state index in [1.807, 2.05) is 54.6 Å². The summed E-state index contributed by atoms with van der Waals surface area (Å²) < 4.78 is 29.9. The molecule has 192 valence electrons. The van der Waals surface area contributed by atoms with Crippen LogP contribution in [0.5, 0.6) is 0 Å². The molecule has 5 aromatic rings. The number of thiazole rings is 1. The number of nitrogens with zero attached hydrogens (tertiary/aromatic N) is 3. The van der Waals surface area contributed by atoms with Gasteiger partial charge in [-0.15, -0.1) is 11.3 Å². The summed E-state index contributed by atoms with van der Waals surface area (Å²) in [6, 6.07) is 24.1. The summed E-state index contributed by atoms with van der Waals surface area (Å²) in [6.45, 7) is 2.00. The molecule has 0 spiro atoms. The first-order valence-electron chi connectivity index (χ1n) is 11.6. The van der Waals surface area contributed by atoms with Crippen molar-refractivity contribution in [2.75, 3.05) is 11.9 Å². The van der Waals surface area contributed by atoms with Crippen LogP contribution in [0, 0.1) is 0 Å². The zero-order chi connectivity index (χ0) is 26.7. The van der Waals surface area contributed by atoms with Crippen molar-refractivity contribution in [2.45, 2.75) is 11.8 Å². The van der Waals surface area contributed by atoms with E-state index in [1.54, 1.807) is 35.3 Å². The average Bonchev–Trinajstić information content (AvgIpc) is 3.57. The van der Waals surface area contributed by atoms with Crippen molar-refractivity contribution >= 4 is 38.7 Å². The SMILES string of the molecule is CCOC(=O)c1csc(-n2cc(Nc3ccc(S(N)(=O)=O)cc3)c(-c3cccc(-c4ccccc4)c3)n2)n1. The lowest BCUT2D eigenvalue weighted by Gasteiger charge is -2.09. The third-order valence-electron chi connectivity index (χ3n) is 5.59. The van der Waals surface area contributed by atoms with Gasteiger partial charge in [-0.25, -0.2) is 28.0 Å². The van der Waals surface area contributed by atoms with Crippen molar-refractivity contribution in [3.63, 3.8) is 0 Å². The number of benzene rings is 3. The van der Waals surface area contributed by atoms with Crippen LogP contribution >= 0.6 is 11.3 Å². The molecule has 3 aromatic carbocycles. The third kappa shape index (κ3) is 5.49. The number of primary sulfonamides is 1. The maximum Gasteiger partial charge on any atom is 0.357 e. The van der Waals surface area contributed by atoms with Gasteiger partial charge in [0.25, 0.3) is 0 Å². The zero-order valence-corrected chi connectivity index (χ0v) is 21.9. The summed E-state index contributed by atoms with van der Waals surface area (Å²) in [5, 5.41) is 15.5. The number of anilines is 2. The Kier molecular flexibility index (Phi) is 7.05. The third-order valence-corrected chi connectivity index (χ3v) is 7.35. The van der Waals surface area contributed by atoms with Crippen molar-refractivity contribution in [1.82, 2.24) is 14.8 Å². The number of sulfonamides is 1. The second-order valence-electron chi connectivity index (χ2n) is 8.21. The van der Waals surface area contributed by atoms with Gasteiger partial charge in [0.15, 0.2) is 5.69 Å². The Hall–Kier alpha value is -4.32. The van der Waals surface area contributed by atoms with E-state index < -0.39 is 16.0 Å². The smallest absolute Gasteiger partial charge is 0.357 e. The Morgan fingerprint density at radius 3 is 2.42 bits per heavy atom. The van der Waals surface area contributed by atoms with Crippen LogP contribution in [0.1, 0.15) is 17.4 Å². The molecule has 11 heteroatoms. The molecule has 2 aromatic heterocycles. The van der Waals surface area contributed by atoms with Gasteiger partial charge in [0, 0.05) is 16.6 Å². The quantitative estimate of drug-likeness (QED) is 0.255. The molecule has 0 amide bonds. The van der Waals surface area contributed by atoms with Crippen LogP contribution in [0.25, 0.3) is 27.5 Å². The maximum absolute atomic E-state index is 12.1. The first-order chi connectivity index (χ1) is 18.3. The molecule has 0 radical (unpaired) electrons. The standard InChI is InChI=1S/C27H23N5O4S2/c1-2-36-26(33)24-17-37-27(30-24)32-16-23(29-21-11-13-22(14-12-21)38(28,34)35)25(31-32)20-10-6-9-19(15-20)18-7-4-3-5-8-18/h3-17,29H,2H2,1H3,(H2,28,34,35). The molecule has 0 saturated carbocycles. The highest BCUT2D eigenvalue weighted by molar-refractivity contribution is 7.89. The van der Waals surface area contributed by atoms with Gasteiger partial charge in [0.2, 0.25) is 15.2 Å². The minimum atomic E-state index is -3.80. The summed E-state index contributed by atoms with van der Waals surface area (Å²) >= 11 is 1.27. The van der Waals surface area contributed by atoms with Gasteiger partial charge in [-0.1, -0.05) is 48.5 Å². The highest BCUT2D eigenvalue weighted by Crippen LogP contribution is 2.33. The Labute approximate surface area is 223 Å². The lowest BCUT2D eigenvalue weighted by atomic mass is 10.0. The van der Waals surface area contributed by atoms with Gasteiger partial charge in [-0.2, -0.15) is 5.10 Å². The zero-order valence-electron chi connectivity index (χ0n) is 20.2. The lowest BCUT2D eigenvalue weighted by Crippen LogP contribution is -2.11. The van der Waals surface area contributed by atoms with Gasteiger partial charge in [-0.3, -0.25) is 0 Å². The number of esters is 1. The van der Waals surface area contributed by atoms with Gasteiger partial charge >= 0.3 is 5.97 Å². The average molecular weight is 546 g/mol. The predicted molar refractivity (Wildman–Crippen MR) is 147 cm³/mol. The highest BCUT2D eigenvalue weighted by atomic mass is 32.2. The molecule has 38 heavy (non-hydrogen) atoms. The van der Waals surface area contributed by atoms with Gasteiger partial charge < -0.3 is 10.1 Å². The summed E-state index contributed by atoms with van der Waals surface area (Å²) in [7, 11) is -3.80. The van der Waals surface area contributed by atoms with Gasteiger partial charge in [0.1, 0.15) is 5.69 Å². The molecule has 0 fully saturated rings. The normalized spacial score (nSPS) is 11.3. The molecule has 0 aliphatic carbocycles. The van der Waals surface area contributed by atoms with Crippen molar-refractivity contribution in [3.05, 3.63) is 96.1 Å². The number of carbonyl (C=O) groups is 1. The molecule has 0 atom stereocenters. The number of hydrogen-bond acceptors (Lipinski definition) is 8. The molecule has 5 rings (SSSR count). The summed E-state index contributed by atoms with van der Waals surface area (Å²) in [5.74, 6) is -0.494. The topological polar surface area (TPSA) is 129 Å². The Morgan fingerprint density at radius 2 is 1.71 bits per heavy atom. The number of nitrogens with one attached hydrogen (secondary N) is 1. The van der Waals surface area contributed by atoms with Crippen LogP contribution < -0.4 is 10.5 Å². The highest BCUT2D eigenvalue weighted by Gasteiger charge is 2.18. The molecule has 3 N–H and O–H groups in total. The number of nitrogens with two attached hydrogens (primary N) is 1. The van der Waals surface area contributed by atoms with Crippen molar-refractivity contribution in [3.8, 4) is 27.5 Å². The molecule has 0 saturated heterocycles. The Morgan fingerprint density at radius 1 is 1.00 bits per heavy atom. The number of rotatable bonds is 8. The summed E-state index contributed by atoms with van der Waals surface area (Å²) in [6.07, 6.45) is 1.77. The fourth-order valence-corrected chi connectivity index (χ4v) is 5.04. The van der Waals surface area contributed by atoms with Crippen molar-refractivity contribution < 1.29 is 17.9 Å². The second-order valence-corrected chi connectivity index (χ2v) is 10.6. The molecule has 0 aliphatic rings. The van der Waals surface area contributed by atoms with Crippen LogP contribution in [0.3, 0.4) is 0 Å². The molecular formula is C27H23N5O4S2. The minimum absolute atomic E-state index is 0.0174. The largest absolute Gasteiger partial charge is 0.461 e. The van der Waals surface area contributed by atoms with Gasteiger partial charge in [0.05, 0.1) is 23.4 Å². The Balaban J connectivity index is 1.56. The maximum atomic E-state index is 12.1. The van der Waals surface area contributed by atoms with E-state index in [1.165, 1.54) is 23.5 Å². The first kappa shape index (κ1) is 25.3. The van der Waals surface area contributed by atoms with E-state index in [0.717, 1.165) is 16.7 Å². The van der Waals surface area contributed by atoms with Crippen LogP contribution in [-0.2, 0) is 14.8 Å².